The standard InChI is InChI=1S/C28H37N7O6S/c1-4-40-26(36)23-18(3)34-22(16-42-13-12-32-28(29)31-11-7-9-20-15-30-17-33-20)25(27(37)41-5-2)24(23)19-8-6-10-21(14-19)35(38)39/h6,8,10,14-15,17,24,34H,4-5,7,9,11-13,16H2,1-3H3,(H,30,33)(H3,29,31,32). The maximum absolute atomic E-state index is 13.3. The van der Waals surface area contributed by atoms with Crippen LogP contribution in [0.15, 0.2) is 64.3 Å². The molecule has 3 rings (SSSR count). The van der Waals surface area contributed by atoms with E-state index in [2.05, 4.69) is 25.6 Å². The molecule has 0 amide bonds. The molecule has 1 aliphatic heterocycles. The van der Waals surface area contributed by atoms with Gasteiger partial charge in [-0.05, 0) is 39.2 Å². The molecule has 1 aromatic heterocycles. The fourth-order valence-electron chi connectivity index (χ4n) is 4.46. The van der Waals surface area contributed by atoms with E-state index in [1.165, 1.54) is 30.0 Å². The molecule has 5 N–H and O–H groups in total. The van der Waals surface area contributed by atoms with Gasteiger partial charge in [0.1, 0.15) is 0 Å². The summed E-state index contributed by atoms with van der Waals surface area (Å²) in [6, 6.07) is 5.91. The Morgan fingerprint density at radius 1 is 1.21 bits per heavy atom. The zero-order chi connectivity index (χ0) is 30.5. The van der Waals surface area contributed by atoms with Gasteiger partial charge in [-0.3, -0.25) is 15.1 Å². The second kappa shape index (κ2) is 16.2. The first-order chi connectivity index (χ1) is 20.3. The number of rotatable bonds is 15. The Hall–Kier alpha value is -4.33. The second-order valence-electron chi connectivity index (χ2n) is 9.21. The third-order valence-electron chi connectivity index (χ3n) is 6.29. The van der Waals surface area contributed by atoms with Gasteiger partial charge in [0.25, 0.3) is 5.69 Å². The van der Waals surface area contributed by atoms with Crippen LogP contribution in [0.1, 0.15) is 44.4 Å². The van der Waals surface area contributed by atoms with E-state index in [0.29, 0.717) is 47.5 Å². The minimum Gasteiger partial charge on any atom is -0.463 e. The van der Waals surface area contributed by atoms with Gasteiger partial charge in [0.2, 0.25) is 0 Å². The van der Waals surface area contributed by atoms with Crippen molar-refractivity contribution in [2.45, 2.75) is 39.5 Å². The molecule has 0 saturated heterocycles. The number of H-pyrrole nitrogens is 1. The number of dihydropyridines is 1. The number of allylic oxidation sites excluding steroid dienone is 1. The summed E-state index contributed by atoms with van der Waals surface area (Å²) < 4.78 is 10.7. The normalized spacial score (nSPS) is 15.3. The molecule has 42 heavy (non-hydrogen) atoms. The molecule has 2 aromatic rings. The summed E-state index contributed by atoms with van der Waals surface area (Å²) in [6.45, 7) is 6.46. The number of ether oxygens (including phenoxy) is 2. The number of aryl methyl sites for hydroxylation is 1. The zero-order valence-electron chi connectivity index (χ0n) is 24.0. The molecule has 1 unspecified atom stereocenters. The summed E-state index contributed by atoms with van der Waals surface area (Å²) in [7, 11) is 0. The van der Waals surface area contributed by atoms with Crippen LogP contribution in [0, 0.1) is 10.1 Å². The number of hydrogen-bond donors (Lipinski definition) is 4. The van der Waals surface area contributed by atoms with Crippen molar-refractivity contribution < 1.29 is 24.0 Å². The number of nitro groups is 1. The van der Waals surface area contributed by atoms with Crippen molar-refractivity contribution in [1.82, 2.24) is 20.6 Å². The topological polar surface area (TPSA) is 187 Å². The van der Waals surface area contributed by atoms with Gasteiger partial charge in [0.05, 0.1) is 41.5 Å². The fraction of sp³-hybridized carbons (Fsp3) is 0.429. The van der Waals surface area contributed by atoms with E-state index in [9.17, 15) is 19.7 Å². The molecule has 14 heteroatoms. The molecular formula is C28H37N7O6S. The summed E-state index contributed by atoms with van der Waals surface area (Å²) in [6.07, 6.45) is 5.10. The smallest absolute Gasteiger partial charge is 0.336 e. The zero-order valence-corrected chi connectivity index (χ0v) is 24.8. The first-order valence-electron chi connectivity index (χ1n) is 13.6. The van der Waals surface area contributed by atoms with Crippen molar-refractivity contribution in [2.75, 3.05) is 37.8 Å². The van der Waals surface area contributed by atoms with Gasteiger partial charge in [-0.15, -0.1) is 0 Å². The van der Waals surface area contributed by atoms with Gasteiger partial charge >= 0.3 is 11.9 Å². The van der Waals surface area contributed by atoms with E-state index in [1.807, 2.05) is 0 Å². The van der Waals surface area contributed by atoms with Crippen LogP contribution in [0.3, 0.4) is 0 Å². The number of aliphatic imine (C=N–C) groups is 1. The summed E-state index contributed by atoms with van der Waals surface area (Å²) in [5, 5.41) is 17.8. The molecule has 1 aromatic carbocycles. The SMILES string of the molecule is CCOC(=O)C1=C(C)NC(CSCCNC(N)=NCCCc2cnc[nH]2)=C(C(=O)OCC)C1c1cccc([N+](=O)[O-])c1. The van der Waals surface area contributed by atoms with Crippen molar-refractivity contribution in [2.24, 2.45) is 10.7 Å². The number of nitrogens with two attached hydrogens (primary N) is 1. The highest BCUT2D eigenvalue weighted by Crippen LogP contribution is 2.40. The Labute approximate surface area is 248 Å². The van der Waals surface area contributed by atoms with E-state index >= 15 is 0 Å². The number of carbonyl (C=O) groups is 2. The molecule has 1 atom stereocenters. The van der Waals surface area contributed by atoms with Gasteiger partial charge < -0.3 is 30.8 Å². The predicted octanol–water partition coefficient (Wildman–Crippen LogP) is 2.93. The lowest BCUT2D eigenvalue weighted by Gasteiger charge is -2.31. The van der Waals surface area contributed by atoms with E-state index in [4.69, 9.17) is 15.2 Å². The molecule has 0 spiro atoms. The quantitative estimate of drug-likeness (QED) is 0.0589. The number of esters is 2. The maximum Gasteiger partial charge on any atom is 0.336 e. The van der Waals surface area contributed by atoms with Crippen molar-refractivity contribution in [3.63, 3.8) is 0 Å². The number of imidazole rings is 1. The number of hydrogen-bond acceptors (Lipinski definition) is 10. The highest BCUT2D eigenvalue weighted by Gasteiger charge is 2.39. The third-order valence-corrected chi connectivity index (χ3v) is 7.28. The molecule has 0 fully saturated rings. The predicted molar refractivity (Wildman–Crippen MR) is 161 cm³/mol. The van der Waals surface area contributed by atoms with E-state index in [1.54, 1.807) is 39.4 Å². The first-order valence-corrected chi connectivity index (χ1v) is 14.8. The van der Waals surface area contributed by atoms with E-state index < -0.39 is 22.8 Å². The minimum absolute atomic E-state index is 0.117. The van der Waals surface area contributed by atoms with Crippen LogP contribution >= 0.6 is 11.8 Å². The molecular weight excluding hydrogens is 562 g/mol. The van der Waals surface area contributed by atoms with Crippen LogP contribution in [0.25, 0.3) is 0 Å². The van der Waals surface area contributed by atoms with Gasteiger partial charge in [-0.25, -0.2) is 14.6 Å². The molecule has 1 aliphatic rings. The van der Waals surface area contributed by atoms with Crippen molar-refractivity contribution in [3.05, 3.63) is 80.7 Å². The molecule has 13 nitrogen and oxygen atoms in total. The Bertz CT molecular complexity index is 1340. The average Bonchev–Trinajstić information content (AvgIpc) is 3.48. The Morgan fingerprint density at radius 3 is 2.62 bits per heavy atom. The number of benzene rings is 1. The van der Waals surface area contributed by atoms with E-state index in [-0.39, 0.29) is 30.0 Å². The number of nitro benzene ring substituents is 1. The first kappa shape index (κ1) is 32.2. The number of non-ortho nitro benzene ring substituents is 1. The molecule has 2 heterocycles. The van der Waals surface area contributed by atoms with Crippen molar-refractivity contribution in [3.8, 4) is 0 Å². The van der Waals surface area contributed by atoms with Crippen molar-refractivity contribution in [1.29, 1.82) is 0 Å². The molecule has 0 saturated carbocycles. The van der Waals surface area contributed by atoms with Crippen LogP contribution in [0.4, 0.5) is 5.69 Å². The Kier molecular flexibility index (Phi) is 12.4. The number of carbonyl (C=O) groups excluding carboxylic acids is 2. The highest BCUT2D eigenvalue weighted by atomic mass is 32.2. The van der Waals surface area contributed by atoms with Crippen LogP contribution in [0.5, 0.6) is 0 Å². The number of aromatic amines is 1. The van der Waals surface area contributed by atoms with Gasteiger partial charge in [0, 0.05) is 60.0 Å². The number of nitrogens with zero attached hydrogens (tertiary/aromatic N) is 3. The Balaban J connectivity index is 1.76. The van der Waals surface area contributed by atoms with Crippen LogP contribution in [-0.4, -0.2) is 70.6 Å². The maximum atomic E-state index is 13.3. The number of thioether (sulfide) groups is 1. The van der Waals surface area contributed by atoms with Crippen molar-refractivity contribution >= 4 is 35.3 Å². The summed E-state index contributed by atoms with van der Waals surface area (Å²) in [4.78, 5) is 48.8. The highest BCUT2D eigenvalue weighted by molar-refractivity contribution is 7.99. The molecule has 0 radical (unpaired) electrons. The lowest BCUT2D eigenvalue weighted by molar-refractivity contribution is -0.384. The Morgan fingerprint density at radius 2 is 1.95 bits per heavy atom. The van der Waals surface area contributed by atoms with E-state index in [0.717, 1.165) is 18.5 Å². The number of aromatic nitrogens is 2. The number of guanidine groups is 1. The monoisotopic (exact) mass is 599 g/mol. The lowest BCUT2D eigenvalue weighted by Crippen LogP contribution is -2.35. The fourth-order valence-corrected chi connectivity index (χ4v) is 5.29. The summed E-state index contributed by atoms with van der Waals surface area (Å²) in [5.41, 5.74) is 8.76. The van der Waals surface area contributed by atoms with Gasteiger partial charge in [-0.1, -0.05) is 12.1 Å². The van der Waals surface area contributed by atoms with Gasteiger partial charge in [-0.2, -0.15) is 11.8 Å². The molecule has 0 bridgehead atoms. The minimum atomic E-state index is -0.914. The summed E-state index contributed by atoms with van der Waals surface area (Å²) >= 11 is 1.54. The third kappa shape index (κ3) is 8.83. The van der Waals surface area contributed by atoms with Crippen LogP contribution in [0.2, 0.25) is 0 Å². The molecule has 226 valence electrons. The number of nitrogens with one attached hydrogen (secondary N) is 3. The summed E-state index contributed by atoms with van der Waals surface area (Å²) in [5.74, 6) is -0.767. The average molecular weight is 600 g/mol. The second-order valence-corrected chi connectivity index (χ2v) is 10.3. The lowest BCUT2D eigenvalue weighted by atomic mass is 9.80. The van der Waals surface area contributed by atoms with Gasteiger partial charge in [0.15, 0.2) is 5.96 Å². The van der Waals surface area contributed by atoms with Crippen LogP contribution in [-0.2, 0) is 25.5 Å². The largest absolute Gasteiger partial charge is 0.463 e. The van der Waals surface area contributed by atoms with Crippen LogP contribution < -0.4 is 16.4 Å². The molecule has 0 aliphatic carbocycles.